The first kappa shape index (κ1) is 14.7. The number of carbonyl (C=O) groups is 2. The summed E-state index contributed by atoms with van der Waals surface area (Å²) in [5, 5.41) is 6.25. The maximum absolute atomic E-state index is 12.4. The molecule has 0 aromatic carbocycles. The average molecular weight is 296 g/mol. The smallest absolute Gasteiger partial charge is 0.239 e. The van der Waals surface area contributed by atoms with Crippen LogP contribution in [0.4, 0.5) is 0 Å². The lowest BCUT2D eigenvalue weighted by atomic mass is 10.2. The van der Waals surface area contributed by atoms with E-state index in [2.05, 4.69) is 10.6 Å². The van der Waals surface area contributed by atoms with Crippen molar-refractivity contribution < 1.29 is 14.3 Å². The molecule has 2 saturated heterocycles. The van der Waals surface area contributed by atoms with Gasteiger partial charge in [-0.1, -0.05) is 0 Å². The van der Waals surface area contributed by atoms with Crippen LogP contribution in [0, 0.1) is 0 Å². The van der Waals surface area contributed by atoms with Gasteiger partial charge in [0.2, 0.25) is 11.8 Å². The third kappa shape index (κ3) is 3.93. The summed E-state index contributed by atoms with van der Waals surface area (Å²) in [6, 6.07) is 0.0105. The maximum Gasteiger partial charge on any atom is 0.239 e. The third-order valence-electron chi connectivity index (χ3n) is 4.27. The number of hydrogen-bond acceptors (Lipinski definition) is 5. The van der Waals surface area contributed by atoms with E-state index in [1.54, 1.807) is 0 Å². The minimum absolute atomic E-state index is 0.00492. The molecule has 2 N–H and O–H groups in total. The summed E-state index contributed by atoms with van der Waals surface area (Å²) in [4.78, 5) is 28.4. The fraction of sp³-hybridized carbons (Fsp3) is 0.857. The Morgan fingerprint density at radius 2 is 1.95 bits per heavy atom. The molecule has 2 aliphatic heterocycles. The van der Waals surface area contributed by atoms with Crippen molar-refractivity contribution in [2.75, 3.05) is 52.5 Å². The number of nitrogens with zero attached hydrogens (tertiary/aromatic N) is 2. The van der Waals surface area contributed by atoms with Crippen molar-refractivity contribution in [3.63, 3.8) is 0 Å². The molecule has 3 fully saturated rings. The lowest BCUT2D eigenvalue weighted by Crippen LogP contribution is -2.57. The van der Waals surface area contributed by atoms with Crippen molar-refractivity contribution >= 4 is 11.8 Å². The maximum atomic E-state index is 12.4. The second-order valence-corrected chi connectivity index (χ2v) is 5.97. The lowest BCUT2D eigenvalue weighted by molar-refractivity contribution is -0.140. The number of hydrogen-bond donors (Lipinski definition) is 2. The molecule has 0 aromatic heterocycles. The SMILES string of the molecule is O=C(NC1CC1)C1COCCN1CC(=O)N1CCNCC1. The molecular weight excluding hydrogens is 272 g/mol. The van der Waals surface area contributed by atoms with Crippen molar-refractivity contribution in [2.45, 2.75) is 24.9 Å². The molecule has 7 nitrogen and oxygen atoms in total. The molecule has 2 heterocycles. The van der Waals surface area contributed by atoms with Gasteiger partial charge in [0.05, 0.1) is 19.8 Å². The van der Waals surface area contributed by atoms with E-state index in [-0.39, 0.29) is 17.9 Å². The van der Waals surface area contributed by atoms with Crippen LogP contribution < -0.4 is 10.6 Å². The summed E-state index contributed by atoms with van der Waals surface area (Å²) >= 11 is 0. The van der Waals surface area contributed by atoms with Crippen LogP contribution in [-0.2, 0) is 14.3 Å². The highest BCUT2D eigenvalue weighted by Gasteiger charge is 2.34. The van der Waals surface area contributed by atoms with Crippen molar-refractivity contribution in [3.8, 4) is 0 Å². The van der Waals surface area contributed by atoms with Gasteiger partial charge in [-0.25, -0.2) is 0 Å². The van der Waals surface area contributed by atoms with Crippen LogP contribution in [0.25, 0.3) is 0 Å². The van der Waals surface area contributed by atoms with E-state index in [9.17, 15) is 9.59 Å². The van der Waals surface area contributed by atoms with E-state index >= 15 is 0 Å². The van der Waals surface area contributed by atoms with Gasteiger partial charge in [-0.05, 0) is 12.8 Å². The van der Waals surface area contributed by atoms with E-state index in [1.807, 2.05) is 9.80 Å². The highest BCUT2D eigenvalue weighted by atomic mass is 16.5. The zero-order chi connectivity index (χ0) is 14.7. The molecule has 1 unspecified atom stereocenters. The van der Waals surface area contributed by atoms with E-state index < -0.39 is 0 Å². The first-order valence-corrected chi connectivity index (χ1v) is 7.85. The van der Waals surface area contributed by atoms with Crippen molar-refractivity contribution in [3.05, 3.63) is 0 Å². The predicted octanol–water partition coefficient (Wildman–Crippen LogP) is -1.60. The minimum atomic E-state index is -0.328. The molecule has 1 aliphatic carbocycles. The summed E-state index contributed by atoms with van der Waals surface area (Å²) in [7, 11) is 0. The largest absolute Gasteiger partial charge is 0.378 e. The number of carbonyl (C=O) groups excluding carboxylic acids is 2. The van der Waals surface area contributed by atoms with Crippen LogP contribution in [0.1, 0.15) is 12.8 Å². The number of nitrogens with one attached hydrogen (secondary N) is 2. The minimum Gasteiger partial charge on any atom is -0.378 e. The van der Waals surface area contributed by atoms with Gasteiger partial charge in [0.1, 0.15) is 6.04 Å². The number of rotatable bonds is 4. The Morgan fingerprint density at radius 1 is 1.19 bits per heavy atom. The van der Waals surface area contributed by atoms with Gasteiger partial charge in [-0.3, -0.25) is 14.5 Å². The number of amides is 2. The Balaban J connectivity index is 1.55. The molecule has 3 aliphatic rings. The highest BCUT2D eigenvalue weighted by molar-refractivity contribution is 5.84. The molecule has 0 spiro atoms. The van der Waals surface area contributed by atoms with Crippen molar-refractivity contribution in [1.29, 1.82) is 0 Å². The summed E-state index contributed by atoms with van der Waals surface area (Å²) < 4.78 is 5.43. The standard InChI is InChI=1S/C14H24N4O3/c19-13(17-5-3-15-4-6-17)9-18-7-8-21-10-12(18)14(20)16-11-1-2-11/h11-12,15H,1-10H2,(H,16,20). The summed E-state index contributed by atoms with van der Waals surface area (Å²) in [6.45, 7) is 5.12. The van der Waals surface area contributed by atoms with Gasteiger partial charge < -0.3 is 20.3 Å². The second-order valence-electron chi connectivity index (χ2n) is 5.97. The fourth-order valence-electron chi connectivity index (χ4n) is 2.78. The Labute approximate surface area is 125 Å². The van der Waals surface area contributed by atoms with Gasteiger partial charge in [-0.2, -0.15) is 0 Å². The van der Waals surface area contributed by atoms with Gasteiger partial charge in [0.25, 0.3) is 0 Å². The fourth-order valence-corrected chi connectivity index (χ4v) is 2.78. The van der Waals surface area contributed by atoms with E-state index in [0.29, 0.717) is 32.3 Å². The molecule has 1 atom stereocenters. The average Bonchev–Trinajstić information content (AvgIpc) is 3.32. The van der Waals surface area contributed by atoms with E-state index in [0.717, 1.165) is 39.0 Å². The zero-order valence-corrected chi connectivity index (χ0v) is 12.3. The Bertz CT molecular complexity index is 394. The van der Waals surface area contributed by atoms with Gasteiger partial charge in [0, 0.05) is 38.8 Å². The third-order valence-corrected chi connectivity index (χ3v) is 4.27. The van der Waals surface area contributed by atoms with Crippen LogP contribution in [0.15, 0.2) is 0 Å². The summed E-state index contributed by atoms with van der Waals surface area (Å²) in [6.07, 6.45) is 2.14. The molecular formula is C14H24N4O3. The molecule has 7 heteroatoms. The van der Waals surface area contributed by atoms with Crippen molar-refractivity contribution in [2.24, 2.45) is 0 Å². The Morgan fingerprint density at radius 3 is 2.67 bits per heavy atom. The molecule has 0 radical (unpaired) electrons. The van der Waals surface area contributed by atoms with Gasteiger partial charge >= 0.3 is 0 Å². The summed E-state index contributed by atoms with van der Waals surface area (Å²) in [5.74, 6) is 0.118. The number of ether oxygens (including phenoxy) is 1. The van der Waals surface area contributed by atoms with Crippen LogP contribution in [0.5, 0.6) is 0 Å². The van der Waals surface area contributed by atoms with E-state index in [4.69, 9.17) is 4.74 Å². The lowest BCUT2D eigenvalue weighted by Gasteiger charge is -2.36. The topological polar surface area (TPSA) is 73.9 Å². The molecule has 118 valence electrons. The Kier molecular flexibility index (Phi) is 4.72. The molecule has 21 heavy (non-hydrogen) atoms. The predicted molar refractivity (Wildman–Crippen MR) is 76.8 cm³/mol. The molecule has 1 saturated carbocycles. The quantitative estimate of drug-likeness (QED) is 0.653. The highest BCUT2D eigenvalue weighted by Crippen LogP contribution is 2.19. The zero-order valence-electron chi connectivity index (χ0n) is 12.3. The first-order chi connectivity index (χ1) is 10.2. The Hall–Kier alpha value is -1.18. The van der Waals surface area contributed by atoms with E-state index in [1.165, 1.54) is 0 Å². The molecule has 0 bridgehead atoms. The molecule has 0 aromatic rings. The molecule has 3 rings (SSSR count). The number of piperazine rings is 1. The van der Waals surface area contributed by atoms with Crippen LogP contribution >= 0.6 is 0 Å². The second kappa shape index (κ2) is 6.72. The normalized spacial score (nSPS) is 27.4. The van der Waals surface area contributed by atoms with Crippen LogP contribution in [0.2, 0.25) is 0 Å². The van der Waals surface area contributed by atoms with Crippen molar-refractivity contribution in [1.82, 2.24) is 20.4 Å². The number of morpholine rings is 1. The van der Waals surface area contributed by atoms with Crippen LogP contribution in [0.3, 0.4) is 0 Å². The summed E-state index contributed by atoms with van der Waals surface area (Å²) in [5.41, 5.74) is 0. The monoisotopic (exact) mass is 296 g/mol. The van der Waals surface area contributed by atoms with Gasteiger partial charge in [-0.15, -0.1) is 0 Å². The van der Waals surface area contributed by atoms with Gasteiger partial charge in [0.15, 0.2) is 0 Å². The molecule has 2 amide bonds. The first-order valence-electron chi connectivity index (χ1n) is 7.85. The van der Waals surface area contributed by atoms with Crippen LogP contribution in [-0.4, -0.2) is 86.2 Å².